The van der Waals surface area contributed by atoms with Crippen molar-refractivity contribution in [3.63, 3.8) is 0 Å². The fourth-order valence-electron chi connectivity index (χ4n) is 4.80. The summed E-state index contributed by atoms with van der Waals surface area (Å²) in [5.74, 6) is 1.83. The van der Waals surface area contributed by atoms with Gasteiger partial charge in [-0.1, -0.05) is 46.3 Å². The maximum atomic E-state index is 13.1. The Morgan fingerprint density at radius 1 is 1.32 bits per heavy atom. The fraction of sp³-hybridized carbons (Fsp3) is 0.857. The minimum absolute atomic E-state index is 0.294. The Labute approximate surface area is 154 Å². The van der Waals surface area contributed by atoms with Crippen LogP contribution in [-0.4, -0.2) is 61.5 Å². The maximum Gasteiger partial charge on any atom is 0.228 e. The molecule has 2 unspecified atom stereocenters. The molecule has 4 rings (SSSR count). The van der Waals surface area contributed by atoms with Gasteiger partial charge in [0.25, 0.3) is 0 Å². The van der Waals surface area contributed by atoms with Crippen LogP contribution in [0.1, 0.15) is 47.5 Å². The molecular formula is C21H37N3O. The van der Waals surface area contributed by atoms with E-state index >= 15 is 0 Å². The molecule has 1 saturated heterocycles. The van der Waals surface area contributed by atoms with Crippen LogP contribution in [0.3, 0.4) is 0 Å². The van der Waals surface area contributed by atoms with Gasteiger partial charge in [0.2, 0.25) is 5.91 Å². The number of carbonyl (C=O) groups excluding carboxylic acids is 1. The van der Waals surface area contributed by atoms with Crippen molar-refractivity contribution in [2.24, 2.45) is 22.7 Å². The zero-order valence-corrected chi connectivity index (χ0v) is 16.9. The Morgan fingerprint density at radius 3 is 2.56 bits per heavy atom. The molecule has 4 heteroatoms. The van der Waals surface area contributed by atoms with Crippen molar-refractivity contribution in [3.05, 3.63) is 11.6 Å². The number of nitrogens with one attached hydrogen (secondary N) is 1. The molecule has 0 aromatic carbocycles. The molecule has 1 amide bonds. The highest BCUT2D eigenvalue weighted by Crippen LogP contribution is 2.59. The molecule has 1 aliphatic heterocycles. The summed E-state index contributed by atoms with van der Waals surface area (Å²) < 4.78 is 0. The average Bonchev–Trinajstić information content (AvgIpc) is 2.58. The first kappa shape index (κ1) is 18.9. The van der Waals surface area contributed by atoms with Gasteiger partial charge in [-0.15, -0.1) is 0 Å². The van der Waals surface area contributed by atoms with E-state index in [2.05, 4.69) is 35.0 Å². The third-order valence-electron chi connectivity index (χ3n) is 6.78. The molecule has 142 valence electrons. The van der Waals surface area contributed by atoms with Gasteiger partial charge in [0.15, 0.2) is 0 Å². The second kappa shape index (κ2) is 7.03. The topological polar surface area (TPSA) is 35.6 Å². The van der Waals surface area contributed by atoms with Crippen molar-refractivity contribution in [2.75, 3.05) is 45.8 Å². The molecule has 0 spiro atoms. The first-order valence-corrected chi connectivity index (χ1v) is 10.1. The Hall–Kier alpha value is -0.870. The van der Waals surface area contributed by atoms with Gasteiger partial charge in [0, 0.05) is 51.2 Å². The number of piperazine rings is 1. The minimum Gasteiger partial charge on any atom is -0.337 e. The molecule has 1 saturated carbocycles. The third kappa shape index (κ3) is 3.95. The molecule has 25 heavy (non-hydrogen) atoms. The normalized spacial score (nSPS) is 28.9. The van der Waals surface area contributed by atoms with E-state index in [1.807, 2.05) is 20.8 Å². The molecule has 0 aromatic rings. The molecule has 3 aliphatic carbocycles. The van der Waals surface area contributed by atoms with Crippen molar-refractivity contribution >= 4 is 5.91 Å². The molecule has 0 radical (unpaired) electrons. The Morgan fingerprint density at radius 2 is 2.00 bits per heavy atom. The number of carbonyl (C=O) groups is 1. The molecule has 2 bridgehead atoms. The van der Waals surface area contributed by atoms with E-state index in [0.29, 0.717) is 17.2 Å². The summed E-state index contributed by atoms with van der Waals surface area (Å²) >= 11 is 0. The van der Waals surface area contributed by atoms with E-state index in [9.17, 15) is 4.79 Å². The van der Waals surface area contributed by atoms with Gasteiger partial charge >= 0.3 is 0 Å². The van der Waals surface area contributed by atoms with Crippen LogP contribution in [-0.2, 0) is 4.79 Å². The van der Waals surface area contributed by atoms with Crippen LogP contribution in [0, 0.1) is 22.7 Å². The average molecular weight is 348 g/mol. The quantitative estimate of drug-likeness (QED) is 0.777. The lowest BCUT2D eigenvalue weighted by Gasteiger charge is -2.57. The van der Waals surface area contributed by atoms with Gasteiger partial charge in [0.05, 0.1) is 0 Å². The zero-order valence-electron chi connectivity index (χ0n) is 16.9. The van der Waals surface area contributed by atoms with Crippen LogP contribution in [0.5, 0.6) is 0 Å². The van der Waals surface area contributed by atoms with Crippen LogP contribution in [0.2, 0.25) is 0 Å². The van der Waals surface area contributed by atoms with Crippen molar-refractivity contribution < 1.29 is 4.79 Å². The second-order valence-corrected chi connectivity index (χ2v) is 9.89. The summed E-state index contributed by atoms with van der Waals surface area (Å²) in [5.41, 5.74) is 1.64. The standard InChI is InChI=1S/C21H37N3O/c1-20(2,3)19(25)24(13-12-23-10-8-22-9-11-23)15-16-6-7-17-14-18(16)21(17,4)5/h6,17-18,22H,7-15H2,1-5H3. The van der Waals surface area contributed by atoms with Gasteiger partial charge in [0.1, 0.15) is 0 Å². The Kier molecular flexibility index (Phi) is 5.32. The smallest absolute Gasteiger partial charge is 0.228 e. The molecule has 2 fully saturated rings. The number of nitrogens with zero attached hydrogens (tertiary/aromatic N) is 2. The van der Waals surface area contributed by atoms with E-state index in [4.69, 9.17) is 0 Å². The lowest BCUT2D eigenvalue weighted by molar-refractivity contribution is -0.139. The maximum absolute atomic E-state index is 13.1. The van der Waals surface area contributed by atoms with Gasteiger partial charge in [-0.3, -0.25) is 9.69 Å². The van der Waals surface area contributed by atoms with Crippen LogP contribution in [0.15, 0.2) is 11.6 Å². The van der Waals surface area contributed by atoms with Crippen LogP contribution >= 0.6 is 0 Å². The van der Waals surface area contributed by atoms with Crippen molar-refractivity contribution in [3.8, 4) is 0 Å². The monoisotopic (exact) mass is 347 g/mol. The summed E-state index contributed by atoms with van der Waals surface area (Å²) in [4.78, 5) is 17.7. The number of allylic oxidation sites excluding steroid dienone is 1. The first-order valence-electron chi connectivity index (χ1n) is 10.1. The molecule has 4 aliphatic rings. The highest BCUT2D eigenvalue weighted by Gasteiger charge is 2.51. The number of hydrogen-bond donors (Lipinski definition) is 1. The Bertz CT molecular complexity index is 526. The minimum atomic E-state index is -0.309. The first-order chi connectivity index (χ1) is 11.7. The van der Waals surface area contributed by atoms with Gasteiger partial charge < -0.3 is 10.2 Å². The predicted octanol–water partition coefficient (Wildman–Crippen LogP) is 2.76. The summed E-state index contributed by atoms with van der Waals surface area (Å²) in [7, 11) is 0. The Balaban J connectivity index is 1.66. The molecule has 1 N–H and O–H groups in total. The molecule has 4 nitrogen and oxygen atoms in total. The van der Waals surface area contributed by atoms with Crippen LogP contribution < -0.4 is 5.32 Å². The summed E-state index contributed by atoms with van der Waals surface area (Å²) in [6.45, 7) is 18.0. The fourth-order valence-corrected chi connectivity index (χ4v) is 4.80. The molecule has 0 aromatic heterocycles. The highest BCUT2D eigenvalue weighted by molar-refractivity contribution is 5.81. The molecule has 1 heterocycles. The van der Waals surface area contributed by atoms with E-state index < -0.39 is 0 Å². The highest BCUT2D eigenvalue weighted by atomic mass is 16.2. The summed E-state index contributed by atoms with van der Waals surface area (Å²) in [6.07, 6.45) is 4.97. The van der Waals surface area contributed by atoms with E-state index in [1.165, 1.54) is 18.4 Å². The van der Waals surface area contributed by atoms with E-state index in [-0.39, 0.29) is 5.41 Å². The molecule has 2 atom stereocenters. The van der Waals surface area contributed by atoms with Gasteiger partial charge in [-0.2, -0.15) is 0 Å². The van der Waals surface area contributed by atoms with Gasteiger partial charge in [-0.05, 0) is 30.1 Å². The summed E-state index contributed by atoms with van der Waals surface area (Å²) in [5, 5.41) is 3.40. The van der Waals surface area contributed by atoms with Crippen molar-refractivity contribution in [2.45, 2.75) is 47.5 Å². The number of amides is 1. The lowest BCUT2D eigenvalue weighted by atomic mass is 9.49. The third-order valence-corrected chi connectivity index (χ3v) is 6.78. The van der Waals surface area contributed by atoms with E-state index in [0.717, 1.165) is 51.7 Å². The lowest BCUT2D eigenvalue weighted by Crippen LogP contribution is -2.52. The molecular weight excluding hydrogens is 310 g/mol. The predicted molar refractivity (Wildman–Crippen MR) is 103 cm³/mol. The van der Waals surface area contributed by atoms with Crippen LogP contribution in [0.25, 0.3) is 0 Å². The van der Waals surface area contributed by atoms with Crippen LogP contribution in [0.4, 0.5) is 0 Å². The summed E-state index contributed by atoms with van der Waals surface area (Å²) in [6, 6.07) is 0. The second-order valence-electron chi connectivity index (χ2n) is 9.89. The van der Waals surface area contributed by atoms with Crippen molar-refractivity contribution in [1.29, 1.82) is 0 Å². The van der Waals surface area contributed by atoms with Crippen molar-refractivity contribution in [1.82, 2.24) is 15.1 Å². The largest absolute Gasteiger partial charge is 0.337 e. The van der Waals surface area contributed by atoms with Gasteiger partial charge in [-0.25, -0.2) is 0 Å². The number of rotatable bonds is 5. The number of hydrogen-bond acceptors (Lipinski definition) is 3. The number of fused-ring (bicyclic) bond motifs is 1. The zero-order chi connectivity index (χ0) is 18.2. The van der Waals surface area contributed by atoms with E-state index in [1.54, 1.807) is 0 Å². The SMILES string of the molecule is CC(C)(C)C(=O)N(CCN1CCNCC1)CC1=CCC2CC1C2(C)C.